The van der Waals surface area contributed by atoms with E-state index >= 15 is 0 Å². The van der Waals surface area contributed by atoms with Crippen LogP contribution in [-0.2, 0) is 16.1 Å². The van der Waals surface area contributed by atoms with Crippen molar-refractivity contribution >= 4 is 44.8 Å². The maximum atomic E-state index is 13.6. The van der Waals surface area contributed by atoms with E-state index in [9.17, 15) is 14.0 Å². The lowest BCUT2D eigenvalue weighted by Crippen LogP contribution is -2.22. The van der Waals surface area contributed by atoms with Gasteiger partial charge in [-0.3, -0.25) is 14.9 Å². The largest absolute Gasteiger partial charge is 0.360 e. The number of nitrogens with zero attached hydrogens (tertiary/aromatic N) is 1. The highest BCUT2D eigenvalue weighted by Gasteiger charge is 2.34. The summed E-state index contributed by atoms with van der Waals surface area (Å²) in [6.45, 7) is 2.77. The third-order valence-corrected chi connectivity index (χ3v) is 5.24. The van der Waals surface area contributed by atoms with E-state index < -0.39 is 11.8 Å². The van der Waals surface area contributed by atoms with Crippen molar-refractivity contribution < 1.29 is 14.0 Å². The van der Waals surface area contributed by atoms with Crippen LogP contribution >= 0.6 is 0 Å². The van der Waals surface area contributed by atoms with Crippen LogP contribution in [-0.4, -0.2) is 21.4 Å². The van der Waals surface area contributed by atoms with Crippen molar-refractivity contribution in [3.8, 4) is 0 Å². The Morgan fingerprint density at radius 1 is 0.964 bits per heavy atom. The molecule has 2 amide bonds. The zero-order valence-corrected chi connectivity index (χ0v) is 15.0. The predicted molar refractivity (Wildman–Crippen MR) is 106 cm³/mol. The number of imide groups is 1. The van der Waals surface area contributed by atoms with E-state index in [4.69, 9.17) is 0 Å². The molecule has 5 nitrogen and oxygen atoms in total. The van der Waals surface area contributed by atoms with Crippen molar-refractivity contribution in [2.24, 2.45) is 0 Å². The van der Waals surface area contributed by atoms with E-state index in [1.165, 1.54) is 12.1 Å². The monoisotopic (exact) mass is 373 g/mol. The molecule has 0 unspecified atom stereocenters. The Morgan fingerprint density at radius 2 is 1.71 bits per heavy atom. The van der Waals surface area contributed by atoms with E-state index in [1.807, 2.05) is 37.4 Å². The van der Waals surface area contributed by atoms with E-state index in [0.29, 0.717) is 33.2 Å². The minimum atomic E-state index is -0.446. The summed E-state index contributed by atoms with van der Waals surface area (Å²) in [7, 11) is 0. The van der Waals surface area contributed by atoms with Crippen LogP contribution in [0.2, 0.25) is 0 Å². The summed E-state index contributed by atoms with van der Waals surface area (Å²) in [6.07, 6.45) is 3.56. The number of aryl methyl sites for hydroxylation is 1. The van der Waals surface area contributed by atoms with Gasteiger partial charge in [-0.1, -0.05) is 18.2 Å². The first-order valence-electron chi connectivity index (χ1n) is 9.03. The van der Waals surface area contributed by atoms with Crippen molar-refractivity contribution in [3.63, 3.8) is 0 Å². The molecule has 4 aromatic rings. The molecule has 1 aliphatic rings. The third-order valence-electron chi connectivity index (χ3n) is 5.24. The smallest absolute Gasteiger partial charge is 0.259 e. The van der Waals surface area contributed by atoms with Crippen LogP contribution in [0.15, 0.2) is 54.9 Å². The zero-order chi connectivity index (χ0) is 19.4. The Labute approximate surface area is 159 Å². The molecule has 0 radical (unpaired) electrons. The van der Waals surface area contributed by atoms with E-state index in [0.717, 1.165) is 17.4 Å². The molecule has 0 bridgehead atoms. The maximum Gasteiger partial charge on any atom is 0.259 e. The van der Waals surface area contributed by atoms with Crippen LogP contribution in [0.4, 0.5) is 4.39 Å². The molecule has 0 spiro atoms. The molecule has 0 saturated heterocycles. The van der Waals surface area contributed by atoms with Gasteiger partial charge in [-0.2, -0.15) is 0 Å². The molecule has 28 heavy (non-hydrogen) atoms. The molecule has 0 saturated carbocycles. The van der Waals surface area contributed by atoms with Gasteiger partial charge < -0.3 is 9.55 Å². The summed E-state index contributed by atoms with van der Waals surface area (Å²) in [5.74, 6) is -1.23. The number of fused-ring (bicyclic) bond motifs is 2. The normalized spacial score (nSPS) is 14.5. The van der Waals surface area contributed by atoms with Gasteiger partial charge in [0.2, 0.25) is 0 Å². The molecular formula is C22H16FN3O2. The highest BCUT2D eigenvalue weighted by Crippen LogP contribution is 2.38. The first-order chi connectivity index (χ1) is 13.6. The standard InChI is InChI=1S/C22H16FN3O2/c1-2-26-11-16(14-5-3-4-6-18(14)26)20-19(21(27)25-22(20)28)15-10-24-17-9-12(23)7-8-13(15)17/h3-11,24H,2H2,1H3,(H,25,27,28). The number of aromatic nitrogens is 2. The fourth-order valence-electron chi connectivity index (χ4n) is 3.98. The number of rotatable bonds is 3. The number of benzene rings is 2. The fourth-order valence-corrected chi connectivity index (χ4v) is 3.98. The van der Waals surface area contributed by atoms with Crippen molar-refractivity contribution in [1.82, 2.24) is 14.9 Å². The van der Waals surface area contributed by atoms with Crippen LogP contribution in [0.5, 0.6) is 0 Å². The Balaban J connectivity index is 1.84. The molecule has 5 rings (SSSR count). The second-order valence-corrected chi connectivity index (χ2v) is 6.77. The minimum absolute atomic E-state index is 0.307. The highest BCUT2D eigenvalue weighted by molar-refractivity contribution is 6.50. The first-order valence-corrected chi connectivity index (χ1v) is 9.03. The Kier molecular flexibility index (Phi) is 3.49. The Bertz CT molecular complexity index is 1330. The fraction of sp³-hybridized carbons (Fsp3) is 0.0909. The van der Waals surface area contributed by atoms with Crippen molar-refractivity contribution in [2.75, 3.05) is 0 Å². The summed E-state index contributed by atoms with van der Waals surface area (Å²) in [5, 5.41) is 4.02. The van der Waals surface area contributed by atoms with Gasteiger partial charge in [-0.15, -0.1) is 0 Å². The van der Waals surface area contributed by atoms with Gasteiger partial charge in [-0.05, 0) is 31.2 Å². The van der Waals surface area contributed by atoms with Gasteiger partial charge in [0.15, 0.2) is 0 Å². The molecular weight excluding hydrogens is 357 g/mol. The number of hydrogen-bond acceptors (Lipinski definition) is 2. The van der Waals surface area contributed by atoms with Gasteiger partial charge in [0.1, 0.15) is 5.82 Å². The number of hydrogen-bond donors (Lipinski definition) is 2. The highest BCUT2D eigenvalue weighted by atomic mass is 19.1. The van der Waals surface area contributed by atoms with Crippen LogP contribution in [0.25, 0.3) is 33.0 Å². The number of nitrogens with one attached hydrogen (secondary N) is 2. The number of amides is 2. The SMILES string of the molecule is CCn1cc(C2=C(c3c[nH]c4cc(F)ccc34)C(=O)NC2=O)c2ccccc21. The minimum Gasteiger partial charge on any atom is -0.360 e. The lowest BCUT2D eigenvalue weighted by atomic mass is 9.95. The number of para-hydroxylation sites is 1. The van der Waals surface area contributed by atoms with Gasteiger partial charge in [0.25, 0.3) is 11.8 Å². The van der Waals surface area contributed by atoms with Crippen LogP contribution in [0.1, 0.15) is 18.1 Å². The second-order valence-electron chi connectivity index (χ2n) is 6.77. The summed E-state index contributed by atoms with van der Waals surface area (Å²) >= 11 is 0. The summed E-state index contributed by atoms with van der Waals surface area (Å²) in [5.41, 5.74) is 3.53. The maximum absolute atomic E-state index is 13.6. The van der Waals surface area contributed by atoms with Gasteiger partial charge in [-0.25, -0.2) is 4.39 Å². The number of H-pyrrole nitrogens is 1. The molecule has 2 aromatic carbocycles. The predicted octanol–water partition coefficient (Wildman–Crippen LogP) is 3.85. The van der Waals surface area contributed by atoms with E-state index in [1.54, 1.807) is 12.3 Å². The molecule has 3 heterocycles. The van der Waals surface area contributed by atoms with E-state index in [-0.39, 0.29) is 5.82 Å². The van der Waals surface area contributed by atoms with Crippen LogP contribution in [0.3, 0.4) is 0 Å². The Morgan fingerprint density at radius 3 is 2.50 bits per heavy atom. The topological polar surface area (TPSA) is 66.9 Å². The number of aromatic amines is 1. The van der Waals surface area contributed by atoms with Crippen LogP contribution < -0.4 is 5.32 Å². The third kappa shape index (κ3) is 2.24. The van der Waals surface area contributed by atoms with Crippen molar-refractivity contribution in [3.05, 3.63) is 71.8 Å². The van der Waals surface area contributed by atoms with Crippen molar-refractivity contribution in [2.45, 2.75) is 13.5 Å². The zero-order valence-electron chi connectivity index (χ0n) is 15.0. The average Bonchev–Trinajstić information content (AvgIpc) is 3.34. The van der Waals surface area contributed by atoms with E-state index in [2.05, 4.69) is 14.9 Å². The summed E-state index contributed by atoms with van der Waals surface area (Å²) in [6, 6.07) is 12.1. The molecule has 138 valence electrons. The Hall–Kier alpha value is -3.67. The van der Waals surface area contributed by atoms with Gasteiger partial charge >= 0.3 is 0 Å². The number of carbonyl (C=O) groups is 2. The quantitative estimate of drug-likeness (QED) is 0.536. The number of halogens is 1. The lowest BCUT2D eigenvalue weighted by Gasteiger charge is -2.03. The molecule has 0 fully saturated rings. The average molecular weight is 373 g/mol. The van der Waals surface area contributed by atoms with Crippen LogP contribution in [0, 0.1) is 5.82 Å². The van der Waals surface area contributed by atoms with Gasteiger partial charge in [0, 0.05) is 51.9 Å². The second kappa shape index (κ2) is 5.92. The van der Waals surface area contributed by atoms with Crippen molar-refractivity contribution in [1.29, 1.82) is 0 Å². The molecule has 0 atom stereocenters. The molecule has 1 aliphatic heterocycles. The number of carbonyl (C=O) groups excluding carboxylic acids is 2. The molecule has 6 heteroatoms. The lowest BCUT2D eigenvalue weighted by molar-refractivity contribution is -0.122. The summed E-state index contributed by atoms with van der Waals surface area (Å²) in [4.78, 5) is 28.5. The molecule has 0 aliphatic carbocycles. The first kappa shape index (κ1) is 16.5. The van der Waals surface area contributed by atoms with Gasteiger partial charge in [0.05, 0.1) is 11.1 Å². The molecule has 2 aromatic heterocycles. The summed E-state index contributed by atoms with van der Waals surface area (Å²) < 4.78 is 15.6. The molecule has 2 N–H and O–H groups in total.